The molecule has 0 saturated heterocycles. The average Bonchev–Trinajstić information content (AvgIpc) is 3.36. The van der Waals surface area contributed by atoms with Crippen LogP contribution in [0.4, 0.5) is 4.79 Å². The van der Waals surface area contributed by atoms with Crippen LogP contribution in [-0.4, -0.2) is 46.9 Å². The molecule has 1 aromatic rings. The lowest BCUT2D eigenvalue weighted by molar-refractivity contribution is -0.139. The lowest BCUT2D eigenvalue weighted by Crippen LogP contribution is -2.51. The Balaban J connectivity index is 1.06. The van der Waals surface area contributed by atoms with Gasteiger partial charge in [-0.1, -0.05) is 62.8 Å². The first-order valence-corrected chi connectivity index (χ1v) is 16.9. The fourth-order valence-electron chi connectivity index (χ4n) is 9.70. The first-order chi connectivity index (χ1) is 21.0. The maximum Gasteiger partial charge on any atom is 0.408 e. The number of carboxylic acids is 1. The predicted octanol–water partition coefficient (Wildman–Crippen LogP) is 6.23. The Bertz CT molecular complexity index is 1220. The molecule has 3 fully saturated rings. The van der Waals surface area contributed by atoms with E-state index in [0.717, 1.165) is 37.7 Å². The Labute approximate surface area is 262 Å². The average molecular weight is 609 g/mol. The number of fused-ring (bicyclic) bond motifs is 5. The molecule has 8 heteroatoms. The summed E-state index contributed by atoms with van der Waals surface area (Å²) in [7, 11) is 0. The zero-order chi connectivity index (χ0) is 31.5. The van der Waals surface area contributed by atoms with E-state index in [4.69, 9.17) is 4.74 Å². The highest BCUT2D eigenvalue weighted by atomic mass is 16.5. The van der Waals surface area contributed by atoms with Gasteiger partial charge in [-0.05, 0) is 111 Å². The summed E-state index contributed by atoms with van der Waals surface area (Å²) in [5.74, 6) is 1.29. The van der Waals surface area contributed by atoms with Gasteiger partial charge in [0.15, 0.2) is 0 Å². The second-order valence-electron chi connectivity index (χ2n) is 14.6. The summed E-state index contributed by atoms with van der Waals surface area (Å²) >= 11 is 0. The molecule has 44 heavy (non-hydrogen) atoms. The minimum atomic E-state index is -1.10. The van der Waals surface area contributed by atoms with Gasteiger partial charge in [0, 0.05) is 12.5 Å². The quantitative estimate of drug-likeness (QED) is 0.174. The smallest absolute Gasteiger partial charge is 0.408 e. The van der Waals surface area contributed by atoms with E-state index in [2.05, 4.69) is 37.5 Å². The Hall–Kier alpha value is -2.87. The molecule has 8 nitrogen and oxygen atoms in total. The van der Waals surface area contributed by atoms with Crippen molar-refractivity contribution in [3.05, 3.63) is 47.5 Å². The third-order valence-corrected chi connectivity index (χ3v) is 12.2. The number of aliphatic carboxylic acids is 1. The summed E-state index contributed by atoms with van der Waals surface area (Å²) in [6, 6.07) is 8.19. The molecule has 9 atom stereocenters. The second kappa shape index (κ2) is 13.6. The molecule has 5 rings (SSSR count). The number of alkyl carbamates (subject to hydrolysis) is 1. The van der Waals surface area contributed by atoms with Crippen LogP contribution >= 0.6 is 0 Å². The normalized spacial score (nSPS) is 33.9. The van der Waals surface area contributed by atoms with Gasteiger partial charge in [-0.15, -0.1) is 0 Å². The van der Waals surface area contributed by atoms with E-state index in [-0.39, 0.29) is 41.8 Å². The monoisotopic (exact) mass is 608 g/mol. The number of aliphatic hydroxyl groups excluding tert-OH is 1. The van der Waals surface area contributed by atoms with Crippen LogP contribution in [-0.2, 0) is 20.9 Å². The van der Waals surface area contributed by atoms with Crippen molar-refractivity contribution in [1.82, 2.24) is 10.6 Å². The van der Waals surface area contributed by atoms with Crippen LogP contribution in [0.2, 0.25) is 0 Å². The van der Waals surface area contributed by atoms with Crippen molar-refractivity contribution in [2.24, 2.45) is 40.4 Å². The summed E-state index contributed by atoms with van der Waals surface area (Å²) in [6.07, 6.45) is 11.6. The first kappa shape index (κ1) is 32.5. The summed E-state index contributed by atoms with van der Waals surface area (Å²) < 4.78 is 5.17. The van der Waals surface area contributed by atoms with Gasteiger partial charge in [0.2, 0.25) is 5.91 Å². The molecule has 0 aliphatic heterocycles. The lowest BCUT2D eigenvalue weighted by atomic mass is 9.47. The van der Waals surface area contributed by atoms with Crippen molar-refractivity contribution in [3.63, 3.8) is 0 Å². The Kier molecular flexibility index (Phi) is 10.1. The highest BCUT2D eigenvalue weighted by Crippen LogP contribution is 2.67. The number of amides is 2. The molecule has 1 aromatic carbocycles. The molecular weight excluding hydrogens is 556 g/mol. The number of carbonyl (C=O) groups is 3. The van der Waals surface area contributed by atoms with Gasteiger partial charge >= 0.3 is 12.1 Å². The van der Waals surface area contributed by atoms with Gasteiger partial charge in [0.1, 0.15) is 12.6 Å². The number of nitrogens with one attached hydrogen (secondary N) is 2. The van der Waals surface area contributed by atoms with Crippen LogP contribution in [0.25, 0.3) is 0 Å². The van der Waals surface area contributed by atoms with E-state index in [9.17, 15) is 24.6 Å². The van der Waals surface area contributed by atoms with Crippen molar-refractivity contribution in [1.29, 1.82) is 0 Å². The molecule has 3 saturated carbocycles. The number of allylic oxidation sites excluding steroid dienone is 1. The van der Waals surface area contributed by atoms with Gasteiger partial charge in [-0.25, -0.2) is 9.59 Å². The van der Waals surface area contributed by atoms with Crippen molar-refractivity contribution < 1.29 is 29.3 Å². The molecule has 242 valence electrons. The van der Waals surface area contributed by atoms with Gasteiger partial charge in [-0.3, -0.25) is 4.79 Å². The summed E-state index contributed by atoms with van der Waals surface area (Å²) in [4.78, 5) is 37.2. The number of aliphatic hydroxyl groups is 1. The number of carbonyl (C=O) groups excluding carboxylic acids is 2. The molecule has 0 aromatic heterocycles. The molecule has 0 heterocycles. The van der Waals surface area contributed by atoms with E-state index in [1.165, 1.54) is 24.8 Å². The third-order valence-electron chi connectivity index (χ3n) is 12.2. The van der Waals surface area contributed by atoms with E-state index in [1.807, 2.05) is 30.3 Å². The Morgan fingerprint density at radius 3 is 2.55 bits per heavy atom. The van der Waals surface area contributed by atoms with E-state index >= 15 is 0 Å². The second-order valence-corrected chi connectivity index (χ2v) is 14.6. The van der Waals surface area contributed by atoms with E-state index in [1.54, 1.807) is 0 Å². The van der Waals surface area contributed by atoms with Crippen molar-refractivity contribution >= 4 is 18.0 Å². The minimum absolute atomic E-state index is 0.0653. The van der Waals surface area contributed by atoms with Crippen molar-refractivity contribution in [3.8, 4) is 0 Å². The zero-order valence-electron chi connectivity index (χ0n) is 26.7. The first-order valence-electron chi connectivity index (χ1n) is 16.9. The van der Waals surface area contributed by atoms with E-state index < -0.39 is 18.1 Å². The van der Waals surface area contributed by atoms with E-state index in [0.29, 0.717) is 43.1 Å². The molecule has 0 radical (unpaired) electrons. The van der Waals surface area contributed by atoms with Crippen LogP contribution in [0.5, 0.6) is 0 Å². The molecular formula is C36H52N2O6. The van der Waals surface area contributed by atoms with Gasteiger partial charge in [0.05, 0.1) is 6.10 Å². The molecule has 4 N–H and O–H groups in total. The highest BCUT2D eigenvalue weighted by Gasteiger charge is 2.59. The number of carboxylic acid groups (broad SMARTS) is 1. The van der Waals surface area contributed by atoms with Crippen LogP contribution in [0.15, 0.2) is 42.0 Å². The maximum atomic E-state index is 13.3. The van der Waals surface area contributed by atoms with Crippen molar-refractivity contribution in [2.45, 2.75) is 110 Å². The third kappa shape index (κ3) is 6.70. The van der Waals surface area contributed by atoms with Crippen LogP contribution in [0.1, 0.15) is 97.0 Å². The molecule has 0 unspecified atom stereocenters. The largest absolute Gasteiger partial charge is 0.480 e. The number of hydrogen-bond acceptors (Lipinski definition) is 5. The standard InChI is InChI=1S/C36H52N2O6/c1-23(32(40)37-20-8-7-11-31(33(41)42)38-34(43)44-22-24-9-5-4-6-10-24)28-14-15-29-27-13-12-25-21-26(39)16-18-35(25,2)30(27)17-19-36(28,29)3/h4-6,9-10,12,23,26-31,39H,7-8,11,13-22H2,1-3H3,(H,37,40)(H,38,43)(H,41,42)/t23-,26-,27-,28+,29-,30-,31-,35-,36+/m0/s1. The number of benzene rings is 1. The SMILES string of the molecule is C[C@H](C(=O)NCCCC[C@H](NC(=O)OCc1ccccc1)C(=O)O)[C@H]1CC[C@H]2[C@@H]3CC=C4C[C@@H](O)CC[C@]4(C)[C@H]3CC[C@]12C. The Morgan fingerprint density at radius 1 is 1.02 bits per heavy atom. The zero-order valence-corrected chi connectivity index (χ0v) is 26.7. The summed E-state index contributed by atoms with van der Waals surface area (Å²) in [6.45, 7) is 7.56. The van der Waals surface area contributed by atoms with Gasteiger partial charge in [0.25, 0.3) is 0 Å². The maximum absolute atomic E-state index is 13.3. The van der Waals surface area contributed by atoms with Gasteiger partial charge in [-0.2, -0.15) is 0 Å². The fraction of sp³-hybridized carbons (Fsp3) is 0.694. The fourth-order valence-corrected chi connectivity index (χ4v) is 9.70. The van der Waals surface area contributed by atoms with Crippen molar-refractivity contribution in [2.75, 3.05) is 6.54 Å². The molecule has 0 bridgehead atoms. The molecule has 4 aliphatic carbocycles. The topological polar surface area (TPSA) is 125 Å². The lowest BCUT2D eigenvalue weighted by Gasteiger charge is -2.58. The highest BCUT2D eigenvalue weighted by molar-refractivity contribution is 5.80. The molecule has 0 spiro atoms. The van der Waals surface area contributed by atoms with Crippen LogP contribution < -0.4 is 10.6 Å². The summed E-state index contributed by atoms with van der Waals surface area (Å²) in [5, 5.41) is 25.4. The van der Waals surface area contributed by atoms with Gasteiger partial charge < -0.3 is 25.6 Å². The molecule has 4 aliphatic rings. The Morgan fingerprint density at radius 2 is 1.80 bits per heavy atom. The minimum Gasteiger partial charge on any atom is -0.480 e. The predicted molar refractivity (Wildman–Crippen MR) is 168 cm³/mol. The number of unbranched alkanes of at least 4 members (excludes halogenated alkanes) is 1. The molecule has 2 amide bonds. The number of hydrogen-bond donors (Lipinski definition) is 4. The van der Waals surface area contributed by atoms with Crippen LogP contribution in [0, 0.1) is 40.4 Å². The number of ether oxygens (including phenoxy) is 1. The number of rotatable bonds is 11. The summed E-state index contributed by atoms with van der Waals surface area (Å²) in [5.41, 5.74) is 2.72. The van der Waals surface area contributed by atoms with Crippen LogP contribution in [0.3, 0.4) is 0 Å².